The highest BCUT2D eigenvalue weighted by Gasteiger charge is 2.10. The number of nitrogens with zero attached hydrogens (tertiary/aromatic N) is 3. The van der Waals surface area contributed by atoms with Crippen molar-refractivity contribution < 1.29 is 4.79 Å². The van der Waals surface area contributed by atoms with Crippen molar-refractivity contribution in [1.82, 2.24) is 20.3 Å². The number of hydrogen-bond acceptors (Lipinski definition) is 4. The second-order valence-electron chi connectivity index (χ2n) is 3.40. The molecule has 1 amide bonds. The van der Waals surface area contributed by atoms with Crippen LogP contribution in [0.3, 0.4) is 0 Å². The van der Waals surface area contributed by atoms with E-state index in [1.807, 2.05) is 30.3 Å². The molecule has 88 valence electrons. The van der Waals surface area contributed by atoms with Gasteiger partial charge in [0.15, 0.2) is 5.69 Å². The monoisotopic (exact) mass is 231 g/mol. The van der Waals surface area contributed by atoms with Crippen LogP contribution in [0, 0.1) is 0 Å². The van der Waals surface area contributed by atoms with E-state index >= 15 is 0 Å². The number of carbonyl (C=O) groups excluding carboxylic acids is 1. The molecule has 6 heteroatoms. The summed E-state index contributed by atoms with van der Waals surface area (Å²) in [6.07, 6.45) is 1.43. The zero-order valence-electron chi connectivity index (χ0n) is 9.21. The summed E-state index contributed by atoms with van der Waals surface area (Å²) in [5.74, 6) is -0.266. The van der Waals surface area contributed by atoms with Gasteiger partial charge in [0.25, 0.3) is 5.91 Å². The summed E-state index contributed by atoms with van der Waals surface area (Å²) >= 11 is 0. The van der Waals surface area contributed by atoms with Crippen molar-refractivity contribution in [2.45, 2.75) is 0 Å². The summed E-state index contributed by atoms with van der Waals surface area (Å²) in [4.78, 5) is 13.0. The van der Waals surface area contributed by atoms with Gasteiger partial charge in [0, 0.05) is 13.1 Å². The molecule has 0 atom stereocenters. The number of nitrogens with two attached hydrogens (primary N) is 1. The number of para-hydroxylation sites is 1. The second kappa shape index (κ2) is 5.22. The molecule has 1 heterocycles. The molecule has 1 aromatic carbocycles. The Balaban J connectivity index is 2.14. The number of hydrogen-bond donors (Lipinski definition) is 2. The minimum absolute atomic E-state index is 0.266. The Morgan fingerprint density at radius 1 is 1.35 bits per heavy atom. The number of rotatable bonds is 4. The molecule has 0 aliphatic carbocycles. The van der Waals surface area contributed by atoms with Crippen molar-refractivity contribution in [2.24, 2.45) is 5.73 Å². The van der Waals surface area contributed by atoms with Crippen molar-refractivity contribution in [1.29, 1.82) is 0 Å². The summed E-state index contributed by atoms with van der Waals surface area (Å²) in [5.41, 5.74) is 6.39. The van der Waals surface area contributed by atoms with Crippen molar-refractivity contribution in [3.8, 4) is 5.69 Å². The zero-order chi connectivity index (χ0) is 12.1. The predicted octanol–water partition coefficient (Wildman–Crippen LogP) is -0.0442. The molecule has 0 radical (unpaired) electrons. The van der Waals surface area contributed by atoms with E-state index in [-0.39, 0.29) is 11.6 Å². The zero-order valence-corrected chi connectivity index (χ0v) is 9.21. The minimum Gasteiger partial charge on any atom is -0.349 e. The molecule has 2 aromatic rings. The Kier molecular flexibility index (Phi) is 3.46. The van der Waals surface area contributed by atoms with Gasteiger partial charge >= 0.3 is 0 Å². The highest BCUT2D eigenvalue weighted by molar-refractivity contribution is 5.91. The first-order valence-corrected chi connectivity index (χ1v) is 5.27. The molecule has 0 saturated carbocycles. The molecule has 3 N–H and O–H groups in total. The van der Waals surface area contributed by atoms with Crippen molar-refractivity contribution in [3.05, 3.63) is 42.2 Å². The first kappa shape index (κ1) is 11.3. The van der Waals surface area contributed by atoms with E-state index in [0.29, 0.717) is 13.1 Å². The minimum atomic E-state index is -0.266. The normalized spacial score (nSPS) is 10.2. The first-order valence-electron chi connectivity index (χ1n) is 5.27. The van der Waals surface area contributed by atoms with Crippen LogP contribution >= 0.6 is 0 Å². The molecule has 17 heavy (non-hydrogen) atoms. The fraction of sp³-hybridized carbons (Fsp3) is 0.182. The molecule has 6 nitrogen and oxygen atoms in total. The van der Waals surface area contributed by atoms with Crippen LogP contribution in [0.15, 0.2) is 36.5 Å². The molecule has 0 fully saturated rings. The highest BCUT2D eigenvalue weighted by Crippen LogP contribution is 2.03. The van der Waals surface area contributed by atoms with Crippen LogP contribution < -0.4 is 11.1 Å². The second-order valence-corrected chi connectivity index (χ2v) is 3.40. The van der Waals surface area contributed by atoms with Gasteiger partial charge in [-0.25, -0.2) is 0 Å². The van der Waals surface area contributed by atoms with Crippen LogP contribution in [0.5, 0.6) is 0 Å². The number of nitrogens with one attached hydrogen (secondary N) is 1. The van der Waals surface area contributed by atoms with Gasteiger partial charge in [-0.1, -0.05) is 18.2 Å². The lowest BCUT2D eigenvalue weighted by Crippen LogP contribution is -2.29. The molecular formula is C11H13N5O. The van der Waals surface area contributed by atoms with E-state index < -0.39 is 0 Å². The number of aromatic nitrogens is 3. The third-order valence-electron chi connectivity index (χ3n) is 2.14. The fourth-order valence-electron chi connectivity index (χ4n) is 1.33. The van der Waals surface area contributed by atoms with Gasteiger partial charge in [0.05, 0.1) is 11.9 Å². The van der Waals surface area contributed by atoms with E-state index in [2.05, 4.69) is 15.5 Å². The Morgan fingerprint density at radius 3 is 2.82 bits per heavy atom. The van der Waals surface area contributed by atoms with Crippen LogP contribution in [-0.4, -0.2) is 34.0 Å². The van der Waals surface area contributed by atoms with Crippen molar-refractivity contribution in [2.75, 3.05) is 13.1 Å². The predicted molar refractivity (Wildman–Crippen MR) is 62.7 cm³/mol. The smallest absolute Gasteiger partial charge is 0.273 e. The summed E-state index contributed by atoms with van der Waals surface area (Å²) in [6, 6.07) is 9.39. The number of benzene rings is 1. The Morgan fingerprint density at radius 2 is 2.12 bits per heavy atom. The molecule has 1 aromatic heterocycles. The lowest BCUT2D eigenvalue weighted by molar-refractivity contribution is 0.0949. The average Bonchev–Trinajstić information content (AvgIpc) is 2.86. The SMILES string of the molecule is NCCNC(=O)c1cnn(-c2ccccc2)n1. The Labute approximate surface area is 98.4 Å². The van der Waals surface area contributed by atoms with E-state index in [0.717, 1.165) is 5.69 Å². The van der Waals surface area contributed by atoms with E-state index in [4.69, 9.17) is 5.73 Å². The van der Waals surface area contributed by atoms with Gasteiger partial charge in [0.2, 0.25) is 0 Å². The first-order chi connectivity index (χ1) is 8.31. The molecule has 0 unspecified atom stereocenters. The van der Waals surface area contributed by atoms with Gasteiger partial charge in [-0.15, -0.1) is 5.10 Å². The lowest BCUT2D eigenvalue weighted by Gasteiger charge is -1.99. The number of carbonyl (C=O) groups is 1. The van der Waals surface area contributed by atoms with Gasteiger partial charge in [-0.3, -0.25) is 4.79 Å². The van der Waals surface area contributed by atoms with Crippen molar-refractivity contribution in [3.63, 3.8) is 0 Å². The molecular weight excluding hydrogens is 218 g/mol. The van der Waals surface area contributed by atoms with Gasteiger partial charge in [0.1, 0.15) is 0 Å². The summed E-state index contributed by atoms with van der Waals surface area (Å²) in [7, 11) is 0. The molecule has 0 aliphatic rings. The summed E-state index contributed by atoms with van der Waals surface area (Å²) < 4.78 is 0. The molecule has 0 aliphatic heterocycles. The van der Waals surface area contributed by atoms with E-state index in [1.54, 1.807) is 0 Å². The standard InChI is InChI=1S/C11H13N5O/c12-6-7-13-11(17)10-8-14-16(15-10)9-4-2-1-3-5-9/h1-5,8H,6-7,12H2,(H,13,17). The van der Waals surface area contributed by atoms with Crippen LogP contribution in [0.4, 0.5) is 0 Å². The van der Waals surface area contributed by atoms with Gasteiger partial charge in [-0.05, 0) is 12.1 Å². The largest absolute Gasteiger partial charge is 0.349 e. The Bertz CT molecular complexity index is 494. The third kappa shape index (κ3) is 2.67. The summed E-state index contributed by atoms with van der Waals surface area (Å²) in [5, 5.41) is 10.7. The maximum absolute atomic E-state index is 11.6. The molecule has 0 spiro atoms. The average molecular weight is 231 g/mol. The van der Waals surface area contributed by atoms with Gasteiger partial charge in [-0.2, -0.15) is 9.90 Å². The van der Waals surface area contributed by atoms with Crippen molar-refractivity contribution >= 4 is 5.91 Å². The maximum atomic E-state index is 11.6. The van der Waals surface area contributed by atoms with E-state index in [1.165, 1.54) is 11.0 Å². The van der Waals surface area contributed by atoms with Crippen LogP contribution in [0.1, 0.15) is 10.5 Å². The lowest BCUT2D eigenvalue weighted by atomic mass is 10.3. The quantitative estimate of drug-likeness (QED) is 0.772. The van der Waals surface area contributed by atoms with Crippen LogP contribution in [0.2, 0.25) is 0 Å². The highest BCUT2D eigenvalue weighted by atomic mass is 16.2. The molecule has 0 saturated heterocycles. The van der Waals surface area contributed by atoms with Crippen LogP contribution in [0.25, 0.3) is 5.69 Å². The maximum Gasteiger partial charge on any atom is 0.273 e. The topological polar surface area (TPSA) is 85.8 Å². The third-order valence-corrected chi connectivity index (χ3v) is 2.14. The fourth-order valence-corrected chi connectivity index (χ4v) is 1.33. The number of amides is 1. The van der Waals surface area contributed by atoms with E-state index in [9.17, 15) is 4.79 Å². The molecule has 0 bridgehead atoms. The van der Waals surface area contributed by atoms with Gasteiger partial charge < -0.3 is 11.1 Å². The molecule has 2 rings (SSSR count). The van der Waals surface area contributed by atoms with Crippen LogP contribution in [-0.2, 0) is 0 Å². The summed E-state index contributed by atoms with van der Waals surface area (Å²) in [6.45, 7) is 0.829. The Hall–Kier alpha value is -2.21.